The highest BCUT2D eigenvalue weighted by Crippen LogP contribution is 2.36. The van der Waals surface area contributed by atoms with Crippen LogP contribution in [-0.4, -0.2) is 24.9 Å². The van der Waals surface area contributed by atoms with Gasteiger partial charge in [0.15, 0.2) is 0 Å². The van der Waals surface area contributed by atoms with Crippen LogP contribution in [0.3, 0.4) is 0 Å². The molecule has 0 aliphatic carbocycles. The van der Waals surface area contributed by atoms with E-state index in [9.17, 15) is 4.39 Å². The van der Waals surface area contributed by atoms with Gasteiger partial charge in [0.25, 0.3) is 0 Å². The highest BCUT2D eigenvalue weighted by Gasteiger charge is 2.51. The molecule has 0 radical (unpaired) electrons. The number of halogens is 1. The normalized spacial score (nSPS) is 20.2. The predicted molar refractivity (Wildman–Crippen MR) is 77.9 cm³/mol. The topological polar surface area (TPSA) is 27.7 Å². The van der Waals surface area contributed by atoms with Gasteiger partial charge in [-0.1, -0.05) is 6.92 Å². The van der Waals surface area contributed by atoms with Gasteiger partial charge < -0.3 is 14.0 Å². The van der Waals surface area contributed by atoms with E-state index in [1.54, 1.807) is 6.07 Å². The molecule has 1 heterocycles. The molecule has 0 aromatic heterocycles. The third-order valence-electron chi connectivity index (χ3n) is 3.89. The van der Waals surface area contributed by atoms with Gasteiger partial charge in [0, 0.05) is 6.07 Å². The van der Waals surface area contributed by atoms with Crippen LogP contribution < -0.4 is 10.2 Å². The molecule has 1 aromatic carbocycles. The van der Waals surface area contributed by atoms with Gasteiger partial charge in [-0.2, -0.15) is 0 Å². The molecule has 1 aliphatic heterocycles. The van der Waals surface area contributed by atoms with Crippen molar-refractivity contribution < 1.29 is 18.4 Å². The SMILES string of the molecule is CCCOc1cc(F)cc(B2OC(C)(C)C(C)(C)O2)c1. The minimum Gasteiger partial charge on any atom is -0.494 e. The summed E-state index contributed by atoms with van der Waals surface area (Å²) in [6.07, 6.45) is 0.877. The fourth-order valence-electron chi connectivity index (χ4n) is 2.00. The van der Waals surface area contributed by atoms with Crippen molar-refractivity contribution in [2.75, 3.05) is 6.61 Å². The Morgan fingerprint density at radius 3 is 2.25 bits per heavy atom. The Bertz CT molecular complexity index is 472. The Morgan fingerprint density at radius 1 is 1.10 bits per heavy atom. The highest BCUT2D eigenvalue weighted by atomic mass is 19.1. The van der Waals surface area contributed by atoms with Gasteiger partial charge >= 0.3 is 7.12 Å². The van der Waals surface area contributed by atoms with Crippen molar-refractivity contribution >= 4 is 12.6 Å². The van der Waals surface area contributed by atoms with E-state index < -0.39 is 18.3 Å². The highest BCUT2D eigenvalue weighted by molar-refractivity contribution is 6.62. The minimum absolute atomic E-state index is 0.344. The van der Waals surface area contributed by atoms with Gasteiger partial charge in [-0.05, 0) is 51.7 Å². The zero-order valence-corrected chi connectivity index (χ0v) is 12.8. The molecule has 0 N–H and O–H groups in total. The average molecular weight is 280 g/mol. The van der Waals surface area contributed by atoms with E-state index in [4.69, 9.17) is 14.0 Å². The molecule has 0 bridgehead atoms. The molecule has 0 spiro atoms. The molecule has 0 amide bonds. The van der Waals surface area contributed by atoms with E-state index >= 15 is 0 Å². The summed E-state index contributed by atoms with van der Waals surface area (Å²) < 4.78 is 31.0. The number of benzene rings is 1. The summed E-state index contributed by atoms with van der Waals surface area (Å²) in [7, 11) is -0.570. The first-order valence-corrected chi connectivity index (χ1v) is 7.04. The van der Waals surface area contributed by atoms with Crippen molar-refractivity contribution in [3.8, 4) is 5.75 Å². The molecule has 2 rings (SSSR count). The first kappa shape index (κ1) is 15.3. The van der Waals surface area contributed by atoms with Crippen LogP contribution in [0.5, 0.6) is 5.75 Å². The van der Waals surface area contributed by atoms with Gasteiger partial charge in [0.2, 0.25) is 0 Å². The Morgan fingerprint density at radius 2 is 1.70 bits per heavy atom. The molecular formula is C15H22BFO3. The first-order valence-electron chi connectivity index (χ1n) is 7.04. The molecule has 1 fully saturated rings. The molecule has 0 unspecified atom stereocenters. The Labute approximate surface area is 120 Å². The van der Waals surface area contributed by atoms with Crippen LogP contribution in [0.25, 0.3) is 0 Å². The second-order valence-corrected chi connectivity index (χ2v) is 6.16. The summed E-state index contributed by atoms with van der Waals surface area (Å²) in [6, 6.07) is 4.59. The van der Waals surface area contributed by atoms with Gasteiger partial charge in [-0.3, -0.25) is 0 Å². The van der Waals surface area contributed by atoms with Gasteiger partial charge in [-0.25, -0.2) is 4.39 Å². The van der Waals surface area contributed by atoms with Crippen LogP contribution in [-0.2, 0) is 9.31 Å². The van der Waals surface area contributed by atoms with Crippen LogP contribution in [0.1, 0.15) is 41.0 Å². The van der Waals surface area contributed by atoms with E-state index in [0.717, 1.165) is 6.42 Å². The van der Waals surface area contributed by atoms with Crippen molar-refractivity contribution in [3.05, 3.63) is 24.0 Å². The lowest BCUT2D eigenvalue weighted by Gasteiger charge is -2.32. The molecular weight excluding hydrogens is 258 g/mol. The van der Waals surface area contributed by atoms with Crippen LogP contribution in [0.2, 0.25) is 0 Å². The third-order valence-corrected chi connectivity index (χ3v) is 3.89. The molecule has 5 heteroatoms. The summed E-state index contributed by atoms with van der Waals surface area (Å²) in [5, 5.41) is 0. The number of ether oxygens (including phenoxy) is 1. The van der Waals surface area contributed by atoms with Crippen LogP contribution >= 0.6 is 0 Å². The maximum atomic E-state index is 13.7. The molecule has 0 atom stereocenters. The molecule has 0 saturated carbocycles. The second kappa shape index (κ2) is 5.37. The van der Waals surface area contributed by atoms with Crippen molar-refractivity contribution in [1.82, 2.24) is 0 Å². The smallest absolute Gasteiger partial charge is 0.494 e. The number of rotatable bonds is 4. The van der Waals surface area contributed by atoms with E-state index in [0.29, 0.717) is 17.8 Å². The summed E-state index contributed by atoms with van der Waals surface area (Å²) in [5.41, 5.74) is -0.224. The molecule has 3 nitrogen and oxygen atoms in total. The lowest BCUT2D eigenvalue weighted by molar-refractivity contribution is 0.00578. The lowest BCUT2D eigenvalue weighted by Crippen LogP contribution is -2.41. The molecule has 110 valence electrons. The zero-order chi connectivity index (χ0) is 15.0. The van der Waals surface area contributed by atoms with Crippen molar-refractivity contribution in [3.63, 3.8) is 0 Å². The van der Waals surface area contributed by atoms with Crippen molar-refractivity contribution in [2.24, 2.45) is 0 Å². The van der Waals surface area contributed by atoms with Gasteiger partial charge in [0.1, 0.15) is 11.6 Å². The third kappa shape index (κ3) is 2.99. The predicted octanol–water partition coefficient (Wildman–Crippen LogP) is 2.91. The Balaban J connectivity index is 2.23. The van der Waals surface area contributed by atoms with E-state index in [-0.39, 0.29) is 5.82 Å². The fourth-order valence-corrected chi connectivity index (χ4v) is 2.00. The number of hydrogen-bond donors (Lipinski definition) is 0. The first-order chi connectivity index (χ1) is 9.25. The molecule has 20 heavy (non-hydrogen) atoms. The van der Waals surface area contributed by atoms with Gasteiger partial charge in [0.05, 0.1) is 17.8 Å². The zero-order valence-electron chi connectivity index (χ0n) is 12.8. The summed E-state index contributed by atoms with van der Waals surface area (Å²) in [6.45, 7) is 10.5. The largest absolute Gasteiger partial charge is 0.495 e. The van der Waals surface area contributed by atoms with Crippen molar-refractivity contribution in [2.45, 2.75) is 52.2 Å². The summed E-state index contributed by atoms with van der Waals surface area (Å²) in [4.78, 5) is 0. The Kier molecular flexibility index (Phi) is 4.12. The monoisotopic (exact) mass is 280 g/mol. The van der Waals surface area contributed by atoms with E-state index in [2.05, 4.69) is 0 Å². The molecule has 1 aromatic rings. The maximum Gasteiger partial charge on any atom is 0.495 e. The second-order valence-electron chi connectivity index (χ2n) is 6.16. The lowest BCUT2D eigenvalue weighted by atomic mass is 9.79. The fraction of sp³-hybridized carbons (Fsp3) is 0.600. The average Bonchev–Trinajstić information content (AvgIpc) is 2.55. The summed E-state index contributed by atoms with van der Waals surface area (Å²) >= 11 is 0. The van der Waals surface area contributed by atoms with Crippen molar-refractivity contribution in [1.29, 1.82) is 0 Å². The standard InChI is InChI=1S/C15H22BFO3/c1-6-7-18-13-9-11(8-12(17)10-13)16-19-14(2,3)15(4,5)20-16/h8-10H,6-7H2,1-5H3. The van der Waals surface area contributed by atoms with Crippen LogP contribution in [0.4, 0.5) is 4.39 Å². The molecule has 1 saturated heterocycles. The molecule has 1 aliphatic rings. The van der Waals surface area contributed by atoms with Crippen LogP contribution in [0.15, 0.2) is 18.2 Å². The van der Waals surface area contributed by atoms with E-state index in [1.165, 1.54) is 12.1 Å². The summed E-state index contributed by atoms with van der Waals surface area (Å²) in [5.74, 6) is 0.167. The van der Waals surface area contributed by atoms with E-state index in [1.807, 2.05) is 34.6 Å². The van der Waals surface area contributed by atoms with Gasteiger partial charge in [-0.15, -0.1) is 0 Å². The number of hydrogen-bond acceptors (Lipinski definition) is 3. The maximum absolute atomic E-state index is 13.7. The van der Waals surface area contributed by atoms with Crippen LogP contribution in [0, 0.1) is 5.82 Å². The Hall–Kier alpha value is -1.07. The quantitative estimate of drug-likeness (QED) is 0.794. The minimum atomic E-state index is -0.570.